The van der Waals surface area contributed by atoms with E-state index in [4.69, 9.17) is 10.2 Å². The van der Waals surface area contributed by atoms with E-state index in [0.717, 1.165) is 5.89 Å². The Morgan fingerprint density at radius 1 is 1.22 bits per heavy atom. The number of hydrogen-bond donors (Lipinski definition) is 1. The van der Waals surface area contributed by atoms with Crippen LogP contribution in [0, 0.1) is 5.92 Å². The summed E-state index contributed by atoms with van der Waals surface area (Å²) in [4.78, 5) is 0. The first-order valence-electron chi connectivity index (χ1n) is 6.48. The lowest BCUT2D eigenvalue weighted by Crippen LogP contribution is -2.00. The summed E-state index contributed by atoms with van der Waals surface area (Å²) in [5, 5.41) is 8.12. The fraction of sp³-hybridized carbons (Fsp3) is 0.429. The Kier molecular flexibility index (Phi) is 2.08. The van der Waals surface area contributed by atoms with Crippen LogP contribution in [0.15, 0.2) is 28.7 Å². The van der Waals surface area contributed by atoms with Gasteiger partial charge in [0, 0.05) is 5.92 Å². The van der Waals surface area contributed by atoms with Gasteiger partial charge in [0.05, 0.1) is 6.54 Å². The van der Waals surface area contributed by atoms with Crippen molar-refractivity contribution in [3.05, 3.63) is 47.2 Å². The molecule has 0 saturated heterocycles. The van der Waals surface area contributed by atoms with E-state index >= 15 is 0 Å². The Morgan fingerprint density at radius 2 is 2.11 bits per heavy atom. The fourth-order valence-corrected chi connectivity index (χ4v) is 3.39. The summed E-state index contributed by atoms with van der Waals surface area (Å²) in [5.74, 6) is 3.01. The first-order valence-corrected chi connectivity index (χ1v) is 6.48. The van der Waals surface area contributed by atoms with Gasteiger partial charge < -0.3 is 10.2 Å². The van der Waals surface area contributed by atoms with E-state index in [0.29, 0.717) is 30.2 Å². The number of aromatic nitrogens is 2. The van der Waals surface area contributed by atoms with E-state index in [2.05, 4.69) is 34.5 Å². The molecule has 0 amide bonds. The molecule has 2 aliphatic rings. The van der Waals surface area contributed by atoms with Gasteiger partial charge >= 0.3 is 0 Å². The molecule has 0 radical (unpaired) electrons. The molecular weight excluding hydrogens is 226 g/mol. The van der Waals surface area contributed by atoms with Crippen molar-refractivity contribution in [3.8, 4) is 0 Å². The lowest BCUT2D eigenvalue weighted by molar-refractivity contribution is 0.444. The second-order valence-electron chi connectivity index (χ2n) is 5.19. The van der Waals surface area contributed by atoms with Crippen LogP contribution in [0.2, 0.25) is 0 Å². The lowest BCUT2D eigenvalue weighted by atomic mass is 9.92. The maximum absolute atomic E-state index is 5.62. The van der Waals surface area contributed by atoms with E-state index in [-0.39, 0.29) is 0 Å². The molecule has 4 rings (SSSR count). The minimum absolute atomic E-state index is 0.325. The number of nitrogens with zero attached hydrogens (tertiary/aromatic N) is 2. The molecule has 2 N–H and O–H groups in total. The molecule has 1 aromatic heterocycles. The molecule has 0 aliphatic heterocycles. The Balaban J connectivity index is 1.68. The summed E-state index contributed by atoms with van der Waals surface area (Å²) in [7, 11) is 0. The molecule has 1 heterocycles. The number of nitrogens with two attached hydrogens (primary N) is 1. The average Bonchev–Trinajstić information content (AvgIpc) is 2.98. The fourth-order valence-electron chi connectivity index (χ4n) is 3.39. The van der Waals surface area contributed by atoms with E-state index in [1.165, 1.54) is 24.0 Å². The van der Waals surface area contributed by atoms with Crippen molar-refractivity contribution in [2.45, 2.75) is 31.2 Å². The molecule has 2 aromatic rings. The van der Waals surface area contributed by atoms with Gasteiger partial charge in [-0.25, -0.2) is 0 Å². The van der Waals surface area contributed by atoms with Gasteiger partial charge in [-0.2, -0.15) is 0 Å². The zero-order valence-electron chi connectivity index (χ0n) is 10.0. The molecule has 0 spiro atoms. The summed E-state index contributed by atoms with van der Waals surface area (Å²) in [6, 6.07) is 8.72. The predicted molar refractivity (Wildman–Crippen MR) is 65.9 cm³/mol. The highest BCUT2D eigenvalue weighted by Crippen LogP contribution is 2.64. The average molecular weight is 241 g/mol. The molecule has 2 aliphatic carbocycles. The molecule has 1 saturated carbocycles. The van der Waals surface area contributed by atoms with Gasteiger partial charge in [-0.05, 0) is 35.8 Å². The van der Waals surface area contributed by atoms with Crippen LogP contribution in [0.1, 0.15) is 41.2 Å². The molecule has 4 nitrogen and oxygen atoms in total. The second-order valence-corrected chi connectivity index (χ2v) is 5.19. The van der Waals surface area contributed by atoms with Gasteiger partial charge in [0.2, 0.25) is 11.8 Å². The maximum atomic E-state index is 5.62. The SMILES string of the molecule is NCc1nnc(C2C3CCc4ccccc4C32)o1. The van der Waals surface area contributed by atoms with Crippen molar-refractivity contribution in [3.63, 3.8) is 0 Å². The van der Waals surface area contributed by atoms with Crippen molar-refractivity contribution >= 4 is 0 Å². The van der Waals surface area contributed by atoms with Crippen molar-refractivity contribution in [1.29, 1.82) is 0 Å². The highest BCUT2D eigenvalue weighted by atomic mass is 16.4. The third-order valence-corrected chi connectivity index (χ3v) is 4.27. The topological polar surface area (TPSA) is 64.9 Å². The van der Waals surface area contributed by atoms with Crippen molar-refractivity contribution in [1.82, 2.24) is 10.2 Å². The summed E-state index contributed by atoms with van der Waals surface area (Å²) in [6.07, 6.45) is 2.40. The van der Waals surface area contributed by atoms with Crippen LogP contribution in [-0.4, -0.2) is 10.2 Å². The molecule has 3 atom stereocenters. The minimum atomic E-state index is 0.325. The number of fused-ring (bicyclic) bond motifs is 3. The number of hydrogen-bond acceptors (Lipinski definition) is 4. The largest absolute Gasteiger partial charge is 0.424 e. The van der Waals surface area contributed by atoms with Crippen molar-refractivity contribution < 1.29 is 4.42 Å². The third kappa shape index (κ3) is 1.35. The van der Waals surface area contributed by atoms with E-state index in [1.54, 1.807) is 0 Å². The zero-order valence-corrected chi connectivity index (χ0v) is 10.0. The van der Waals surface area contributed by atoms with Crippen LogP contribution < -0.4 is 5.73 Å². The van der Waals surface area contributed by atoms with Crippen LogP contribution in [0.3, 0.4) is 0 Å². The molecular formula is C14H15N3O. The first kappa shape index (κ1) is 10.3. The van der Waals surface area contributed by atoms with E-state index in [1.807, 2.05) is 0 Å². The minimum Gasteiger partial charge on any atom is -0.424 e. The van der Waals surface area contributed by atoms with E-state index < -0.39 is 0 Å². The molecule has 92 valence electrons. The molecule has 1 fully saturated rings. The summed E-state index contributed by atoms with van der Waals surface area (Å²) < 4.78 is 5.62. The van der Waals surface area contributed by atoms with Gasteiger partial charge in [-0.15, -0.1) is 10.2 Å². The number of benzene rings is 1. The third-order valence-electron chi connectivity index (χ3n) is 4.27. The Morgan fingerprint density at radius 3 is 2.94 bits per heavy atom. The van der Waals surface area contributed by atoms with Crippen LogP contribution in [0.4, 0.5) is 0 Å². The quantitative estimate of drug-likeness (QED) is 0.873. The highest BCUT2D eigenvalue weighted by Gasteiger charge is 2.56. The predicted octanol–water partition coefficient (Wildman–Crippen LogP) is 1.97. The van der Waals surface area contributed by atoms with Crippen LogP contribution in [0.25, 0.3) is 0 Å². The monoisotopic (exact) mass is 241 g/mol. The summed E-state index contributed by atoms with van der Waals surface area (Å²) >= 11 is 0. The molecule has 0 bridgehead atoms. The smallest absolute Gasteiger partial charge is 0.230 e. The first-order chi connectivity index (χ1) is 8.88. The van der Waals surface area contributed by atoms with Crippen molar-refractivity contribution in [2.75, 3.05) is 0 Å². The summed E-state index contributed by atoms with van der Waals surface area (Å²) in [5.41, 5.74) is 8.47. The molecule has 1 aromatic carbocycles. The van der Waals surface area contributed by atoms with Gasteiger partial charge in [0.1, 0.15) is 0 Å². The van der Waals surface area contributed by atoms with Gasteiger partial charge in [0.25, 0.3) is 0 Å². The Bertz CT molecular complexity index is 592. The number of aryl methyl sites for hydroxylation is 1. The van der Waals surface area contributed by atoms with Gasteiger partial charge in [0.15, 0.2) is 0 Å². The van der Waals surface area contributed by atoms with Gasteiger partial charge in [-0.3, -0.25) is 0 Å². The van der Waals surface area contributed by atoms with Crippen LogP contribution in [0.5, 0.6) is 0 Å². The van der Waals surface area contributed by atoms with Gasteiger partial charge in [-0.1, -0.05) is 24.3 Å². The Labute approximate surface area is 105 Å². The van der Waals surface area contributed by atoms with Crippen molar-refractivity contribution in [2.24, 2.45) is 11.7 Å². The molecule has 18 heavy (non-hydrogen) atoms. The molecule has 4 heteroatoms. The van der Waals surface area contributed by atoms with E-state index in [9.17, 15) is 0 Å². The summed E-state index contributed by atoms with van der Waals surface area (Å²) in [6.45, 7) is 0.325. The lowest BCUT2D eigenvalue weighted by Gasteiger charge is -2.13. The molecule has 3 unspecified atom stereocenters. The Hall–Kier alpha value is -1.68. The standard InChI is InChI=1S/C14H15N3O/c15-7-11-16-17-14(18-11)13-10-6-5-8-3-1-2-4-9(8)12(10)13/h1-4,10,12-13H,5-7,15H2. The number of rotatable bonds is 2. The highest BCUT2D eigenvalue weighted by molar-refractivity contribution is 5.42. The zero-order chi connectivity index (χ0) is 12.1. The normalized spacial score (nSPS) is 28.6. The maximum Gasteiger partial charge on any atom is 0.230 e. The second kappa shape index (κ2) is 3.65. The van der Waals surface area contributed by atoms with Crippen LogP contribution in [-0.2, 0) is 13.0 Å². The van der Waals surface area contributed by atoms with Crippen LogP contribution >= 0.6 is 0 Å².